The van der Waals surface area contributed by atoms with Crippen LogP contribution in [0.4, 0.5) is 0 Å². The number of carbonyl (C=O) groups is 8. The van der Waals surface area contributed by atoms with Gasteiger partial charge >= 0.3 is 0 Å². The molecule has 18 heteroatoms. The summed E-state index contributed by atoms with van der Waals surface area (Å²) in [6, 6.07) is 25.2. The summed E-state index contributed by atoms with van der Waals surface area (Å²) in [4.78, 5) is 103. The van der Waals surface area contributed by atoms with Gasteiger partial charge in [-0.25, -0.2) is 0 Å². The highest BCUT2D eigenvalue weighted by Crippen LogP contribution is 2.34. The minimum Gasteiger partial charge on any atom is -0.380 e. The summed E-state index contributed by atoms with van der Waals surface area (Å²) in [7, 11) is 0. The molecule has 0 aliphatic heterocycles. The van der Waals surface area contributed by atoms with Crippen LogP contribution in [0.15, 0.2) is 103 Å². The first kappa shape index (κ1) is 72.8. The van der Waals surface area contributed by atoms with Gasteiger partial charge in [-0.3, -0.25) is 38.4 Å². The molecule has 3 aromatic rings. The normalized spacial score (nSPS) is 13.7. The minimum atomic E-state index is -1.28. The van der Waals surface area contributed by atoms with Gasteiger partial charge in [0.25, 0.3) is 10.2 Å². The van der Waals surface area contributed by atoms with E-state index in [9.17, 15) is 43.5 Å². The third-order valence-electron chi connectivity index (χ3n) is 14.3. The van der Waals surface area contributed by atoms with Crippen LogP contribution < -0.4 is 0 Å². The summed E-state index contributed by atoms with van der Waals surface area (Å²) in [5, 5.41) is 8.80. The molecule has 2 atom stereocenters. The maximum atomic E-state index is 13.5. The second kappa shape index (κ2) is 33.4. The summed E-state index contributed by atoms with van der Waals surface area (Å²) < 4.78 is 38.7. The van der Waals surface area contributed by atoms with Gasteiger partial charge in [-0.15, -0.1) is 0 Å². The Labute approximate surface area is 505 Å². The topological polar surface area (TPSA) is 212 Å². The van der Waals surface area contributed by atoms with Crippen LogP contribution in [-0.2, 0) is 57.2 Å². The van der Waals surface area contributed by atoms with Crippen molar-refractivity contribution >= 4 is 79.5 Å². The zero-order chi connectivity index (χ0) is 62.3. The lowest BCUT2D eigenvalue weighted by Gasteiger charge is -2.41. The van der Waals surface area contributed by atoms with Gasteiger partial charge < -0.3 is 33.5 Å². The Hall–Kier alpha value is -4.47. The highest BCUT2D eigenvalue weighted by molar-refractivity contribution is 8.15. The standard InChI is InChI=1S/C65H90O15S3/c1-15-65(43-78-59(3,4)34-37-75-62(9,10)50(66)32-41-82-57(73)53(69)48-27-21-17-22-28-48,44-79-60(5,6)35-38-76-63(11,12)51(67)33-42-83-58(74)54(70)49-29-23-18-24-30-49)45-80-61(7,8)36-39-77-64(13,14)55(71)46(2)31-40-81-56(72)52(68)47-25-19-16-20-26-47/h16-30,53,69H,2,15,31-45H2,1,3-14H3. The van der Waals surface area contributed by atoms with Gasteiger partial charge in [-0.1, -0.05) is 140 Å². The third-order valence-corrected chi connectivity index (χ3v) is 17.0. The lowest BCUT2D eigenvalue weighted by molar-refractivity contribution is -0.171. The molecule has 2 unspecified atom stereocenters. The third kappa shape index (κ3) is 25.6. The summed E-state index contributed by atoms with van der Waals surface area (Å²) in [6.45, 7) is 29.0. The van der Waals surface area contributed by atoms with Gasteiger partial charge in [-0.05, 0) is 126 Å². The Morgan fingerprint density at radius 1 is 0.470 bits per heavy atom. The van der Waals surface area contributed by atoms with Crippen molar-refractivity contribution in [3.63, 3.8) is 0 Å². The Morgan fingerprint density at radius 3 is 1.18 bits per heavy atom. The lowest BCUT2D eigenvalue weighted by atomic mass is 9.86. The molecule has 0 aliphatic carbocycles. The molecule has 0 aliphatic rings. The van der Waals surface area contributed by atoms with E-state index in [-0.39, 0.29) is 99.1 Å². The average Bonchev–Trinajstić information content (AvgIpc) is 3.46. The molecule has 0 fully saturated rings. The van der Waals surface area contributed by atoms with Crippen molar-refractivity contribution in [3.05, 3.63) is 120 Å². The fraction of sp³-hybridized carbons (Fsp3) is 0.569. The van der Waals surface area contributed by atoms with E-state index in [4.69, 9.17) is 28.4 Å². The molecule has 1 N–H and O–H groups in total. The quantitative estimate of drug-likeness (QED) is 0.0318. The predicted molar refractivity (Wildman–Crippen MR) is 330 cm³/mol. The summed E-state index contributed by atoms with van der Waals surface area (Å²) in [6.07, 6.45) is 0.850. The summed E-state index contributed by atoms with van der Waals surface area (Å²) in [5.41, 5.74) is -5.10. The molecule has 0 aromatic heterocycles. The number of Topliss-reactive ketones (excluding diaryl/α,β-unsaturated/α-hetero) is 5. The number of ketones is 5. The van der Waals surface area contributed by atoms with E-state index in [0.29, 0.717) is 42.4 Å². The number of carbonyl (C=O) groups excluding carboxylic acids is 8. The molecule has 0 heterocycles. The van der Waals surface area contributed by atoms with E-state index < -0.39 is 72.0 Å². The molecule has 0 saturated carbocycles. The molecule has 0 amide bonds. The first-order valence-electron chi connectivity index (χ1n) is 28.2. The maximum absolute atomic E-state index is 13.5. The fourth-order valence-electron chi connectivity index (χ4n) is 7.86. The molecule has 0 saturated heterocycles. The van der Waals surface area contributed by atoms with Crippen molar-refractivity contribution in [2.45, 2.75) is 175 Å². The van der Waals surface area contributed by atoms with Crippen molar-refractivity contribution in [3.8, 4) is 0 Å². The minimum absolute atomic E-state index is 0.0338. The molecule has 3 rings (SSSR count). The zero-order valence-corrected chi connectivity index (χ0v) is 53.6. The Kier molecular flexibility index (Phi) is 29.3. The molecule has 3 aromatic carbocycles. The van der Waals surface area contributed by atoms with Gasteiger partial charge in [0.05, 0.1) is 56.4 Å². The van der Waals surface area contributed by atoms with Crippen molar-refractivity contribution < 1.29 is 71.9 Å². The molecular formula is C65H90O15S3. The first-order chi connectivity index (χ1) is 38.7. The predicted octanol–water partition coefficient (Wildman–Crippen LogP) is 12.0. The van der Waals surface area contributed by atoms with Crippen LogP contribution in [0.25, 0.3) is 0 Å². The van der Waals surface area contributed by atoms with Gasteiger partial charge in [0.1, 0.15) is 22.9 Å². The molecule has 0 radical (unpaired) electrons. The summed E-state index contributed by atoms with van der Waals surface area (Å²) in [5.74, 6) is -1.36. The van der Waals surface area contributed by atoms with E-state index >= 15 is 0 Å². The van der Waals surface area contributed by atoms with Crippen LogP contribution in [-0.4, -0.2) is 140 Å². The second-order valence-corrected chi connectivity index (χ2v) is 27.2. The maximum Gasteiger partial charge on any atom is 0.259 e. The van der Waals surface area contributed by atoms with Crippen LogP contribution in [0.3, 0.4) is 0 Å². The Bertz CT molecular complexity index is 2630. The number of thioether (sulfide) groups is 3. The van der Waals surface area contributed by atoms with E-state index in [0.717, 1.165) is 35.3 Å². The van der Waals surface area contributed by atoms with E-state index in [1.807, 2.05) is 48.5 Å². The highest BCUT2D eigenvalue weighted by Gasteiger charge is 2.39. The summed E-state index contributed by atoms with van der Waals surface area (Å²) >= 11 is 2.58. The molecule has 458 valence electrons. The highest BCUT2D eigenvalue weighted by atomic mass is 32.2. The smallest absolute Gasteiger partial charge is 0.259 e. The average molecular weight is 1210 g/mol. The van der Waals surface area contributed by atoms with Crippen molar-refractivity contribution in [1.82, 2.24) is 0 Å². The van der Waals surface area contributed by atoms with Gasteiger partial charge in [0.15, 0.2) is 17.3 Å². The largest absolute Gasteiger partial charge is 0.380 e. The zero-order valence-electron chi connectivity index (χ0n) is 51.1. The Balaban J connectivity index is 1.63. The fourth-order valence-corrected chi connectivity index (χ4v) is 10.1. The molecule has 83 heavy (non-hydrogen) atoms. The number of rotatable bonds is 41. The van der Waals surface area contributed by atoms with Gasteiger partial charge in [0.2, 0.25) is 16.7 Å². The molecule has 0 spiro atoms. The number of hydrogen-bond acceptors (Lipinski definition) is 18. The number of benzene rings is 3. The van der Waals surface area contributed by atoms with Crippen molar-refractivity contribution in [2.24, 2.45) is 5.41 Å². The van der Waals surface area contributed by atoms with Crippen LogP contribution in [0.1, 0.15) is 167 Å². The van der Waals surface area contributed by atoms with Gasteiger partial charge in [0, 0.05) is 46.6 Å². The van der Waals surface area contributed by atoms with E-state index in [1.54, 1.807) is 133 Å². The van der Waals surface area contributed by atoms with Crippen molar-refractivity contribution in [2.75, 3.05) is 56.9 Å². The lowest BCUT2D eigenvalue weighted by Crippen LogP contribution is -2.45. The number of aliphatic hydroxyl groups excluding tert-OH is 1. The van der Waals surface area contributed by atoms with Gasteiger partial charge in [-0.2, -0.15) is 0 Å². The van der Waals surface area contributed by atoms with Crippen LogP contribution in [0, 0.1) is 5.41 Å². The molecule has 15 nitrogen and oxygen atoms in total. The first-order valence-corrected chi connectivity index (χ1v) is 31.2. The van der Waals surface area contributed by atoms with Crippen molar-refractivity contribution in [1.29, 1.82) is 0 Å². The van der Waals surface area contributed by atoms with Crippen LogP contribution in [0.2, 0.25) is 0 Å². The second-order valence-electron chi connectivity index (χ2n) is 24.0. The van der Waals surface area contributed by atoms with E-state index in [2.05, 4.69) is 6.58 Å². The number of ether oxygens (including phenoxy) is 6. The Morgan fingerprint density at radius 2 is 0.807 bits per heavy atom. The SMILES string of the molecule is C=C(CCSC(=O)C(=O)c1ccccc1)C(=O)C(C)(C)OCCC(C)(C)OCC(CC)(COC(C)(C)CCOC(C)(C)C(=O)CCSC(=O)C(=O)c1ccccc1)COC(C)(C)CCOC(C)(C)C(=O)CCSC(=O)C(O)c1ccccc1. The van der Waals surface area contributed by atoms with Crippen LogP contribution >= 0.6 is 35.3 Å². The monoisotopic (exact) mass is 1210 g/mol. The van der Waals surface area contributed by atoms with Crippen LogP contribution in [0.5, 0.6) is 0 Å². The molecule has 0 bridgehead atoms. The number of aliphatic hydroxyl groups is 1. The molecular weight excluding hydrogens is 1120 g/mol. The number of hydrogen-bond donors (Lipinski definition) is 1. The van der Waals surface area contributed by atoms with E-state index in [1.165, 1.54) is 0 Å².